The first-order valence-electron chi connectivity index (χ1n) is 12.9. The number of aliphatic hydroxyl groups is 2. The molecule has 0 bridgehead atoms. The van der Waals surface area contributed by atoms with Crippen LogP contribution in [0.1, 0.15) is 38.8 Å². The quantitative estimate of drug-likeness (QED) is 0.293. The molecule has 212 valence electrons. The van der Waals surface area contributed by atoms with Crippen LogP contribution in [0.2, 0.25) is 0 Å². The molecule has 2 aromatic rings. The van der Waals surface area contributed by atoms with Crippen molar-refractivity contribution in [3.63, 3.8) is 0 Å². The summed E-state index contributed by atoms with van der Waals surface area (Å²) in [7, 11) is 2.84. The number of fused-ring (bicyclic) bond motifs is 3. The zero-order valence-corrected chi connectivity index (χ0v) is 22.4. The first kappa shape index (κ1) is 28.2. The lowest BCUT2D eigenvalue weighted by Gasteiger charge is -2.55. The smallest absolute Gasteiger partial charge is 0.235 e. The van der Waals surface area contributed by atoms with Crippen LogP contribution in [0.4, 0.5) is 0 Å². The Morgan fingerprint density at radius 2 is 1.68 bits per heavy atom. The lowest BCUT2D eigenvalue weighted by molar-refractivity contribution is -0.192. The summed E-state index contributed by atoms with van der Waals surface area (Å²) in [4.78, 5) is 80.3. The van der Waals surface area contributed by atoms with E-state index < -0.39 is 76.2 Å². The van der Waals surface area contributed by atoms with Crippen molar-refractivity contribution in [3.05, 3.63) is 64.7 Å². The minimum atomic E-state index is -3.10. The maximum Gasteiger partial charge on any atom is 0.235 e. The number of Topliss-reactive ketones (excluding diaryl/α,β-unsaturated/α-hetero) is 5. The molecule has 7 atom stereocenters. The third-order valence-electron chi connectivity index (χ3n) is 8.49. The number of rotatable bonds is 4. The molecule has 0 radical (unpaired) electrons. The molecule has 3 aliphatic rings. The molecule has 41 heavy (non-hydrogen) atoms. The summed E-state index contributed by atoms with van der Waals surface area (Å²) >= 11 is 0. The summed E-state index contributed by atoms with van der Waals surface area (Å²) in [6, 6.07) is 9.21. The minimum absolute atomic E-state index is 0.201. The molecule has 3 aliphatic carbocycles. The average molecular weight is 561 g/mol. The zero-order chi connectivity index (χ0) is 30.1. The summed E-state index contributed by atoms with van der Waals surface area (Å²) in [5.41, 5.74) is 3.27. The molecule has 0 heterocycles. The largest absolute Gasteiger partial charge is 0.507 e. The van der Waals surface area contributed by atoms with E-state index in [2.05, 4.69) is 0 Å². The highest BCUT2D eigenvalue weighted by Gasteiger charge is 2.72. The van der Waals surface area contributed by atoms with Crippen LogP contribution in [-0.2, 0) is 19.2 Å². The van der Waals surface area contributed by atoms with Gasteiger partial charge in [0.1, 0.15) is 5.75 Å². The fourth-order valence-electron chi connectivity index (χ4n) is 6.70. The highest BCUT2D eigenvalue weighted by atomic mass is 16.3. The van der Waals surface area contributed by atoms with Crippen molar-refractivity contribution < 1.29 is 44.1 Å². The van der Waals surface area contributed by atoms with Crippen LogP contribution in [0, 0.1) is 23.7 Å². The molecule has 5 N–H and O–H groups in total. The average Bonchev–Trinajstić information content (AvgIpc) is 2.90. The van der Waals surface area contributed by atoms with Crippen molar-refractivity contribution in [2.24, 2.45) is 29.4 Å². The lowest BCUT2D eigenvalue weighted by atomic mass is 9.50. The molecule has 11 nitrogen and oxygen atoms in total. The van der Waals surface area contributed by atoms with E-state index >= 15 is 0 Å². The van der Waals surface area contributed by atoms with E-state index in [9.17, 15) is 44.1 Å². The number of phenols is 1. The maximum absolute atomic E-state index is 14.1. The van der Waals surface area contributed by atoms with Crippen LogP contribution >= 0.6 is 0 Å². The Labute approximate surface area is 234 Å². The first-order chi connectivity index (χ1) is 19.2. The third kappa shape index (κ3) is 3.91. The number of amides is 1. The SMILES string of the molecule is CC(=O)c1cccc(/C=C2\c3cccc(O)c3C(=O)C3C(=O)[C@]4(O)C(=O)C(C(N)=O)C(=O)[C@@H](N(C)C)[C@@H]4[C@@H](O)[C@H]23)c1. The molecule has 2 aromatic carbocycles. The second-order valence-corrected chi connectivity index (χ2v) is 11.0. The van der Waals surface area contributed by atoms with Crippen molar-refractivity contribution >= 4 is 46.5 Å². The number of primary amides is 1. The Morgan fingerprint density at radius 3 is 2.29 bits per heavy atom. The van der Waals surface area contributed by atoms with Crippen LogP contribution < -0.4 is 5.73 Å². The number of likely N-dealkylation sites (N-methyl/N-ethyl adjacent to an activating group) is 1. The summed E-state index contributed by atoms with van der Waals surface area (Å²) in [6.45, 7) is 1.39. The number of aliphatic hydroxyl groups excluding tert-OH is 1. The summed E-state index contributed by atoms with van der Waals surface area (Å²) in [5, 5.41) is 34.4. The van der Waals surface area contributed by atoms with E-state index in [1.54, 1.807) is 30.3 Å². The van der Waals surface area contributed by atoms with Gasteiger partial charge in [-0.3, -0.25) is 33.7 Å². The van der Waals surface area contributed by atoms with Gasteiger partial charge in [0.05, 0.1) is 29.5 Å². The van der Waals surface area contributed by atoms with E-state index in [0.29, 0.717) is 11.1 Å². The zero-order valence-electron chi connectivity index (χ0n) is 22.4. The molecule has 0 spiro atoms. The number of phenolic OH excluding ortho intramolecular Hbond substituents is 1. The molecule has 0 aliphatic heterocycles. The molecule has 2 unspecified atom stereocenters. The third-order valence-corrected chi connectivity index (χ3v) is 8.49. The van der Waals surface area contributed by atoms with Crippen molar-refractivity contribution in [2.75, 3.05) is 14.1 Å². The number of aromatic hydroxyl groups is 1. The normalized spacial score (nSPS) is 32.0. The van der Waals surface area contributed by atoms with E-state index in [0.717, 1.165) is 0 Å². The number of ketones is 5. The number of benzene rings is 2. The van der Waals surface area contributed by atoms with Crippen LogP contribution in [0.3, 0.4) is 0 Å². The van der Waals surface area contributed by atoms with Gasteiger partial charge in [-0.25, -0.2) is 0 Å². The van der Waals surface area contributed by atoms with Gasteiger partial charge in [0.25, 0.3) is 0 Å². The van der Waals surface area contributed by atoms with Crippen LogP contribution in [-0.4, -0.2) is 86.9 Å². The molecule has 0 saturated heterocycles. The van der Waals surface area contributed by atoms with Crippen LogP contribution in [0.15, 0.2) is 42.5 Å². The fourth-order valence-corrected chi connectivity index (χ4v) is 6.70. The van der Waals surface area contributed by atoms with E-state index in [4.69, 9.17) is 5.73 Å². The van der Waals surface area contributed by atoms with Gasteiger partial charge in [0.2, 0.25) is 5.91 Å². The summed E-state index contributed by atoms with van der Waals surface area (Å²) in [6.07, 6.45) is -0.266. The van der Waals surface area contributed by atoms with Crippen molar-refractivity contribution in [1.29, 1.82) is 0 Å². The van der Waals surface area contributed by atoms with E-state index in [1.165, 1.54) is 44.1 Å². The number of hydrogen-bond donors (Lipinski definition) is 4. The number of nitrogens with two attached hydrogens (primary N) is 1. The monoisotopic (exact) mass is 560 g/mol. The van der Waals surface area contributed by atoms with Crippen molar-refractivity contribution in [2.45, 2.75) is 24.7 Å². The molecule has 1 amide bonds. The number of nitrogens with zero attached hydrogens (tertiary/aromatic N) is 1. The predicted molar refractivity (Wildman–Crippen MR) is 143 cm³/mol. The highest BCUT2D eigenvalue weighted by Crippen LogP contribution is 2.54. The Balaban J connectivity index is 1.80. The molecule has 0 aromatic heterocycles. The molecule has 2 fully saturated rings. The van der Waals surface area contributed by atoms with E-state index in [1.807, 2.05) is 0 Å². The van der Waals surface area contributed by atoms with Gasteiger partial charge >= 0.3 is 0 Å². The minimum Gasteiger partial charge on any atom is -0.507 e. The topological polar surface area (TPSA) is 192 Å². The van der Waals surface area contributed by atoms with Gasteiger partial charge in [0, 0.05) is 11.5 Å². The number of carbonyl (C=O) groups excluding carboxylic acids is 6. The van der Waals surface area contributed by atoms with Crippen molar-refractivity contribution in [1.82, 2.24) is 4.90 Å². The van der Waals surface area contributed by atoms with Gasteiger partial charge < -0.3 is 21.1 Å². The van der Waals surface area contributed by atoms with Gasteiger partial charge in [0.15, 0.2) is 40.4 Å². The Morgan fingerprint density at radius 1 is 1.02 bits per heavy atom. The molecular weight excluding hydrogens is 532 g/mol. The van der Waals surface area contributed by atoms with Gasteiger partial charge in [-0.2, -0.15) is 0 Å². The van der Waals surface area contributed by atoms with Gasteiger partial charge in [-0.05, 0) is 49.9 Å². The Kier molecular flexibility index (Phi) is 6.64. The molecule has 5 rings (SSSR count). The molecule has 2 saturated carbocycles. The molecule has 11 heteroatoms. The highest BCUT2D eigenvalue weighted by molar-refractivity contribution is 6.33. The van der Waals surface area contributed by atoms with Crippen LogP contribution in [0.25, 0.3) is 11.6 Å². The predicted octanol–water partition coefficient (Wildman–Crippen LogP) is 0.0385. The number of hydrogen-bond acceptors (Lipinski definition) is 10. The Hall–Kier alpha value is -4.32. The summed E-state index contributed by atoms with van der Waals surface area (Å²) in [5.74, 6) is -13.9. The molecular formula is C30H28N2O9. The van der Waals surface area contributed by atoms with E-state index in [-0.39, 0.29) is 22.5 Å². The maximum atomic E-state index is 14.1. The van der Waals surface area contributed by atoms with Crippen molar-refractivity contribution in [3.8, 4) is 5.75 Å². The first-order valence-corrected chi connectivity index (χ1v) is 12.9. The standard InChI is InChI=1S/C30H28N2O9/c1-12(33)14-7-4-6-13(10-14)11-16-15-8-5-9-17(34)18(15)24(35)20-19(16)25(36)22-23(32(2)3)26(37)21(29(31)40)28(39)30(22,41)27(20)38/h4-11,19-23,25,34,36,41H,1-3H3,(H2,31,40)/b16-11+/t19-,20?,21?,22-,23+,25+,30+/m1/s1. The van der Waals surface area contributed by atoms with Gasteiger partial charge in [-0.1, -0.05) is 36.4 Å². The second kappa shape index (κ2) is 9.65. The fraction of sp³-hybridized carbons (Fsp3) is 0.333. The Bertz CT molecular complexity index is 1590. The summed E-state index contributed by atoms with van der Waals surface area (Å²) < 4.78 is 0. The lowest BCUT2D eigenvalue weighted by Crippen LogP contribution is -2.77. The second-order valence-electron chi connectivity index (χ2n) is 11.0. The van der Waals surface area contributed by atoms with Crippen LogP contribution in [0.5, 0.6) is 5.75 Å². The number of carbonyl (C=O) groups is 6. The van der Waals surface area contributed by atoms with Gasteiger partial charge in [-0.15, -0.1) is 0 Å².